The molecule has 4 nitrogen and oxygen atoms in total. The first-order valence-corrected chi connectivity index (χ1v) is 8.19. The quantitative estimate of drug-likeness (QED) is 0.712. The van der Waals surface area contributed by atoms with Gasteiger partial charge < -0.3 is 15.7 Å². The lowest BCUT2D eigenvalue weighted by Gasteiger charge is -2.22. The molecule has 0 aromatic heterocycles. The van der Waals surface area contributed by atoms with Crippen LogP contribution in [0.4, 0.5) is 13.6 Å². The molecule has 0 fully saturated rings. The van der Waals surface area contributed by atoms with Crippen LogP contribution in [0.5, 0.6) is 0 Å². The molecule has 0 aliphatic rings. The van der Waals surface area contributed by atoms with Gasteiger partial charge in [0.1, 0.15) is 0 Å². The van der Waals surface area contributed by atoms with Gasteiger partial charge in [0.15, 0.2) is 11.6 Å². The van der Waals surface area contributed by atoms with Crippen LogP contribution in [0.25, 0.3) is 0 Å². The van der Waals surface area contributed by atoms with Gasteiger partial charge in [0, 0.05) is 12.2 Å². The van der Waals surface area contributed by atoms with Crippen molar-refractivity contribution in [2.45, 2.75) is 31.8 Å². The highest BCUT2D eigenvalue weighted by Crippen LogP contribution is 2.20. The maximum Gasteiger partial charge on any atom is 0.315 e. The van der Waals surface area contributed by atoms with Crippen molar-refractivity contribution in [3.8, 4) is 0 Å². The zero-order valence-electron chi connectivity index (χ0n) is 14.0. The van der Waals surface area contributed by atoms with Crippen LogP contribution < -0.4 is 10.6 Å². The molecule has 0 aliphatic carbocycles. The minimum absolute atomic E-state index is 0.0253. The lowest BCUT2D eigenvalue weighted by atomic mass is 10.0. The number of aliphatic hydroxyl groups is 1. The van der Waals surface area contributed by atoms with Gasteiger partial charge in [-0.25, -0.2) is 13.6 Å². The number of aliphatic hydroxyl groups excluding tert-OH is 1. The van der Waals surface area contributed by atoms with Gasteiger partial charge in [0.05, 0.1) is 12.1 Å². The number of hydrogen-bond acceptors (Lipinski definition) is 2. The fourth-order valence-corrected chi connectivity index (χ4v) is 2.63. The Balaban J connectivity index is 2.04. The largest absolute Gasteiger partial charge is 0.396 e. The molecule has 3 N–H and O–H groups in total. The summed E-state index contributed by atoms with van der Waals surface area (Å²) in [6.45, 7) is 1.61. The first-order chi connectivity index (χ1) is 12.0. The molecular formula is C19H22F2N2O2. The molecule has 25 heavy (non-hydrogen) atoms. The van der Waals surface area contributed by atoms with Crippen molar-refractivity contribution in [1.82, 2.24) is 10.6 Å². The average Bonchev–Trinajstić information content (AvgIpc) is 2.61. The summed E-state index contributed by atoms with van der Waals surface area (Å²) in [4.78, 5) is 12.3. The molecule has 2 unspecified atom stereocenters. The Hall–Kier alpha value is -2.47. The first kappa shape index (κ1) is 18.9. The Labute approximate surface area is 145 Å². The van der Waals surface area contributed by atoms with Crippen molar-refractivity contribution < 1.29 is 18.7 Å². The highest BCUT2D eigenvalue weighted by atomic mass is 19.2. The molecule has 0 heterocycles. The van der Waals surface area contributed by atoms with Crippen LogP contribution in [0.1, 0.15) is 43.0 Å². The van der Waals surface area contributed by atoms with Crippen LogP contribution in [-0.2, 0) is 0 Å². The maximum absolute atomic E-state index is 13.8. The zero-order valence-corrected chi connectivity index (χ0v) is 14.0. The Bertz CT molecular complexity index is 695. The predicted molar refractivity (Wildman–Crippen MR) is 91.9 cm³/mol. The van der Waals surface area contributed by atoms with Crippen molar-refractivity contribution in [3.63, 3.8) is 0 Å². The molecule has 0 spiro atoms. The van der Waals surface area contributed by atoms with E-state index in [1.807, 2.05) is 30.3 Å². The van der Waals surface area contributed by atoms with Crippen molar-refractivity contribution in [3.05, 3.63) is 71.3 Å². The minimum atomic E-state index is -0.963. The number of carbonyl (C=O) groups is 1. The van der Waals surface area contributed by atoms with E-state index in [2.05, 4.69) is 10.6 Å². The molecule has 6 heteroatoms. The van der Waals surface area contributed by atoms with Crippen molar-refractivity contribution in [2.75, 3.05) is 6.61 Å². The van der Waals surface area contributed by atoms with Crippen LogP contribution in [0, 0.1) is 11.6 Å². The fraction of sp³-hybridized carbons (Fsp3) is 0.316. The van der Waals surface area contributed by atoms with E-state index in [9.17, 15) is 13.6 Å². The highest BCUT2D eigenvalue weighted by molar-refractivity contribution is 5.75. The summed E-state index contributed by atoms with van der Waals surface area (Å²) < 4.78 is 27.1. The summed E-state index contributed by atoms with van der Waals surface area (Å²) in [6.07, 6.45) is 1.10. The number of hydrogen-bond donors (Lipinski definition) is 3. The summed E-state index contributed by atoms with van der Waals surface area (Å²) in [5.41, 5.74) is 0.998. The van der Waals surface area contributed by atoms with Gasteiger partial charge >= 0.3 is 6.03 Å². The Morgan fingerprint density at radius 1 is 1.08 bits per heavy atom. The van der Waals surface area contributed by atoms with Crippen LogP contribution in [-0.4, -0.2) is 17.7 Å². The van der Waals surface area contributed by atoms with Gasteiger partial charge in [0.2, 0.25) is 0 Å². The molecule has 2 rings (SSSR count). The van der Waals surface area contributed by atoms with Crippen molar-refractivity contribution in [1.29, 1.82) is 0 Å². The van der Waals surface area contributed by atoms with E-state index >= 15 is 0 Å². The second-order valence-electron chi connectivity index (χ2n) is 5.81. The topological polar surface area (TPSA) is 61.4 Å². The third-order valence-electron chi connectivity index (χ3n) is 3.95. The second kappa shape index (κ2) is 9.13. The van der Waals surface area contributed by atoms with Crippen molar-refractivity contribution >= 4 is 6.03 Å². The number of amides is 2. The minimum Gasteiger partial charge on any atom is -0.396 e. The average molecular weight is 348 g/mol. The monoisotopic (exact) mass is 348 g/mol. The lowest BCUT2D eigenvalue weighted by Crippen LogP contribution is -2.39. The van der Waals surface area contributed by atoms with Crippen LogP contribution >= 0.6 is 0 Å². The van der Waals surface area contributed by atoms with E-state index in [0.717, 1.165) is 11.6 Å². The molecule has 2 aromatic rings. The third kappa shape index (κ3) is 5.26. The van der Waals surface area contributed by atoms with Gasteiger partial charge in [-0.3, -0.25) is 0 Å². The Morgan fingerprint density at radius 2 is 1.80 bits per heavy atom. The fourth-order valence-electron chi connectivity index (χ4n) is 2.63. The van der Waals surface area contributed by atoms with E-state index in [1.165, 1.54) is 12.1 Å². The standard InChI is InChI=1S/C19H22F2N2O2/c1-13(15-9-5-10-16(20)18(15)21)22-19(25)23-17(11-6-12-24)14-7-3-2-4-8-14/h2-5,7-10,13,17,24H,6,11-12H2,1H3,(H2,22,23,25). The van der Waals surface area contributed by atoms with E-state index in [0.29, 0.717) is 12.8 Å². The number of rotatable bonds is 7. The summed E-state index contributed by atoms with van der Waals surface area (Å²) in [5, 5.41) is 14.5. The van der Waals surface area contributed by atoms with E-state index in [1.54, 1.807) is 6.92 Å². The normalized spacial score (nSPS) is 13.1. The molecule has 2 atom stereocenters. The van der Waals surface area contributed by atoms with Gasteiger partial charge in [0.25, 0.3) is 0 Å². The first-order valence-electron chi connectivity index (χ1n) is 8.19. The lowest BCUT2D eigenvalue weighted by molar-refractivity contribution is 0.230. The zero-order chi connectivity index (χ0) is 18.2. The number of benzene rings is 2. The summed E-state index contributed by atoms with van der Waals surface area (Å²) >= 11 is 0. The molecule has 0 radical (unpaired) electrons. The summed E-state index contributed by atoms with van der Waals surface area (Å²) in [5.74, 6) is -1.91. The van der Waals surface area contributed by atoms with E-state index in [4.69, 9.17) is 5.11 Å². The molecule has 0 bridgehead atoms. The summed E-state index contributed by atoms with van der Waals surface area (Å²) in [7, 11) is 0. The van der Waals surface area contributed by atoms with Crippen LogP contribution in [0.3, 0.4) is 0 Å². The number of halogens is 2. The van der Waals surface area contributed by atoms with Crippen LogP contribution in [0.2, 0.25) is 0 Å². The maximum atomic E-state index is 13.8. The third-order valence-corrected chi connectivity index (χ3v) is 3.95. The molecule has 134 valence electrons. The SMILES string of the molecule is CC(NC(=O)NC(CCCO)c1ccccc1)c1cccc(F)c1F. The van der Waals surface area contributed by atoms with E-state index in [-0.39, 0.29) is 18.2 Å². The Kier molecular flexibility index (Phi) is 6.89. The summed E-state index contributed by atoms with van der Waals surface area (Å²) in [6, 6.07) is 11.8. The number of carbonyl (C=O) groups excluding carboxylic acids is 1. The molecule has 0 aliphatic heterocycles. The van der Waals surface area contributed by atoms with Gasteiger partial charge in [-0.15, -0.1) is 0 Å². The molecule has 0 saturated carbocycles. The Morgan fingerprint density at radius 3 is 2.48 bits per heavy atom. The second-order valence-corrected chi connectivity index (χ2v) is 5.81. The number of urea groups is 1. The molecule has 2 aromatic carbocycles. The van der Waals surface area contributed by atoms with Crippen LogP contribution in [0.15, 0.2) is 48.5 Å². The molecule has 2 amide bonds. The van der Waals surface area contributed by atoms with Gasteiger partial charge in [-0.1, -0.05) is 42.5 Å². The highest BCUT2D eigenvalue weighted by Gasteiger charge is 2.19. The smallest absolute Gasteiger partial charge is 0.315 e. The number of nitrogens with one attached hydrogen (secondary N) is 2. The predicted octanol–water partition coefficient (Wildman–Crippen LogP) is 3.84. The molecule has 0 saturated heterocycles. The molecular weight excluding hydrogens is 326 g/mol. The van der Waals surface area contributed by atoms with E-state index < -0.39 is 23.7 Å². The van der Waals surface area contributed by atoms with Crippen molar-refractivity contribution in [2.24, 2.45) is 0 Å². The van der Waals surface area contributed by atoms with Gasteiger partial charge in [-0.05, 0) is 31.4 Å². The van der Waals surface area contributed by atoms with Gasteiger partial charge in [-0.2, -0.15) is 0 Å².